The van der Waals surface area contributed by atoms with Crippen molar-refractivity contribution >= 4 is 21.8 Å². The van der Waals surface area contributed by atoms with Crippen molar-refractivity contribution in [3.63, 3.8) is 0 Å². The summed E-state index contributed by atoms with van der Waals surface area (Å²) < 4.78 is 27.4. The van der Waals surface area contributed by atoms with Gasteiger partial charge in [0.25, 0.3) is 5.91 Å². The van der Waals surface area contributed by atoms with Crippen LogP contribution >= 0.6 is 0 Å². The van der Waals surface area contributed by atoms with E-state index in [2.05, 4.69) is 0 Å². The number of rotatable bonds is 9. The zero-order valence-electron chi connectivity index (χ0n) is 18.5. The summed E-state index contributed by atoms with van der Waals surface area (Å²) in [6.07, 6.45) is 0. The molecule has 30 heavy (non-hydrogen) atoms. The van der Waals surface area contributed by atoms with Crippen LogP contribution in [-0.4, -0.2) is 98.1 Å². The van der Waals surface area contributed by atoms with E-state index >= 15 is 0 Å². The molecule has 0 aromatic heterocycles. The van der Waals surface area contributed by atoms with Gasteiger partial charge in [0.2, 0.25) is 15.9 Å². The minimum atomic E-state index is -3.63. The zero-order chi connectivity index (χ0) is 22.3. The molecule has 9 heteroatoms. The summed E-state index contributed by atoms with van der Waals surface area (Å²) in [5.74, 6) is -0.0276. The fourth-order valence-corrected chi connectivity index (χ4v) is 5.03. The molecule has 0 unspecified atom stereocenters. The molecule has 0 bridgehead atoms. The van der Waals surface area contributed by atoms with Gasteiger partial charge in [-0.3, -0.25) is 14.5 Å². The SMILES string of the molecule is CCN(CC)C(=O)CN1CCN(S(=O)(=O)c2ccc(C(=O)N(CC)CC)cc2)CC1. The van der Waals surface area contributed by atoms with E-state index in [0.29, 0.717) is 64.5 Å². The molecule has 1 aromatic rings. The van der Waals surface area contributed by atoms with E-state index in [-0.39, 0.29) is 16.7 Å². The monoisotopic (exact) mass is 438 g/mol. The number of benzene rings is 1. The summed E-state index contributed by atoms with van der Waals surface area (Å²) in [6, 6.07) is 6.16. The first-order valence-corrected chi connectivity index (χ1v) is 12.1. The largest absolute Gasteiger partial charge is 0.342 e. The van der Waals surface area contributed by atoms with Crippen LogP contribution in [0.3, 0.4) is 0 Å². The Labute approximate surface area is 180 Å². The number of carbonyl (C=O) groups excluding carboxylic acids is 2. The van der Waals surface area contributed by atoms with Crippen LogP contribution in [0.2, 0.25) is 0 Å². The number of nitrogens with zero attached hydrogens (tertiary/aromatic N) is 4. The fraction of sp³-hybridized carbons (Fsp3) is 0.619. The van der Waals surface area contributed by atoms with E-state index in [1.165, 1.54) is 16.4 Å². The van der Waals surface area contributed by atoms with Crippen molar-refractivity contribution in [3.05, 3.63) is 29.8 Å². The van der Waals surface area contributed by atoms with E-state index in [4.69, 9.17) is 0 Å². The molecule has 1 fully saturated rings. The highest BCUT2D eigenvalue weighted by Crippen LogP contribution is 2.19. The van der Waals surface area contributed by atoms with E-state index in [1.54, 1.807) is 21.9 Å². The molecule has 2 rings (SSSR count). The summed E-state index contributed by atoms with van der Waals surface area (Å²) in [6.45, 7) is 12.3. The lowest BCUT2D eigenvalue weighted by molar-refractivity contribution is -0.132. The highest BCUT2D eigenvalue weighted by molar-refractivity contribution is 7.89. The number of carbonyl (C=O) groups is 2. The van der Waals surface area contributed by atoms with Crippen molar-refractivity contribution in [2.75, 3.05) is 58.9 Å². The molecular weight excluding hydrogens is 404 g/mol. The molecule has 1 saturated heterocycles. The van der Waals surface area contributed by atoms with Gasteiger partial charge in [0.05, 0.1) is 11.4 Å². The average Bonchev–Trinajstić information content (AvgIpc) is 2.76. The fourth-order valence-electron chi connectivity index (χ4n) is 3.61. The van der Waals surface area contributed by atoms with Crippen LogP contribution in [0.5, 0.6) is 0 Å². The molecule has 1 heterocycles. The molecule has 0 spiro atoms. The van der Waals surface area contributed by atoms with Gasteiger partial charge in [-0.25, -0.2) is 8.42 Å². The van der Waals surface area contributed by atoms with Crippen molar-refractivity contribution in [2.24, 2.45) is 0 Å². The van der Waals surface area contributed by atoms with E-state index in [0.717, 1.165) is 0 Å². The second-order valence-corrected chi connectivity index (χ2v) is 9.19. The van der Waals surface area contributed by atoms with Crippen molar-refractivity contribution in [2.45, 2.75) is 32.6 Å². The Balaban J connectivity index is 2.00. The molecule has 168 valence electrons. The predicted molar refractivity (Wildman–Crippen MR) is 117 cm³/mol. The van der Waals surface area contributed by atoms with Gasteiger partial charge >= 0.3 is 0 Å². The highest BCUT2D eigenvalue weighted by atomic mass is 32.2. The number of likely N-dealkylation sites (N-methyl/N-ethyl adjacent to an activating group) is 1. The third-order valence-electron chi connectivity index (χ3n) is 5.60. The molecule has 2 amide bonds. The van der Waals surface area contributed by atoms with Crippen LogP contribution in [-0.2, 0) is 14.8 Å². The average molecular weight is 439 g/mol. The second kappa shape index (κ2) is 10.9. The minimum absolute atomic E-state index is 0.0739. The number of piperazine rings is 1. The molecule has 1 aliphatic rings. The maximum atomic E-state index is 13.0. The molecule has 8 nitrogen and oxygen atoms in total. The van der Waals surface area contributed by atoms with Gasteiger partial charge in [-0.05, 0) is 52.0 Å². The first-order valence-electron chi connectivity index (χ1n) is 10.7. The maximum Gasteiger partial charge on any atom is 0.253 e. The lowest BCUT2D eigenvalue weighted by Crippen LogP contribution is -2.51. The standard InChI is InChI=1S/C21H34N4O4S/c1-5-23(6-2)20(26)17-22-13-15-25(16-14-22)30(28,29)19-11-9-18(10-12-19)21(27)24(7-3)8-4/h9-12H,5-8,13-17H2,1-4H3. The summed E-state index contributed by atoms with van der Waals surface area (Å²) in [4.78, 5) is 30.4. The topological polar surface area (TPSA) is 81.2 Å². The lowest BCUT2D eigenvalue weighted by Gasteiger charge is -2.34. The lowest BCUT2D eigenvalue weighted by atomic mass is 10.2. The summed E-state index contributed by atoms with van der Waals surface area (Å²) in [7, 11) is -3.63. The Kier molecular flexibility index (Phi) is 8.81. The van der Waals surface area contributed by atoms with E-state index < -0.39 is 10.0 Å². The summed E-state index contributed by atoms with van der Waals surface area (Å²) in [5.41, 5.74) is 0.484. The van der Waals surface area contributed by atoms with E-state index in [1.807, 2.05) is 32.6 Å². The first-order chi connectivity index (χ1) is 14.3. The quantitative estimate of drug-likeness (QED) is 0.581. The Morgan fingerprint density at radius 3 is 1.80 bits per heavy atom. The van der Waals surface area contributed by atoms with Crippen LogP contribution < -0.4 is 0 Å². The van der Waals surface area contributed by atoms with Crippen LogP contribution in [0.15, 0.2) is 29.2 Å². The Hall–Kier alpha value is -1.97. The van der Waals surface area contributed by atoms with Gasteiger partial charge in [-0.2, -0.15) is 4.31 Å². The Morgan fingerprint density at radius 2 is 1.33 bits per heavy atom. The molecule has 0 aliphatic carbocycles. The predicted octanol–water partition coefficient (Wildman–Crippen LogP) is 1.34. The number of hydrogen-bond acceptors (Lipinski definition) is 5. The number of amides is 2. The third-order valence-corrected chi connectivity index (χ3v) is 7.51. The molecular formula is C21H34N4O4S. The highest BCUT2D eigenvalue weighted by Gasteiger charge is 2.29. The number of hydrogen-bond donors (Lipinski definition) is 0. The normalized spacial score (nSPS) is 15.7. The zero-order valence-corrected chi connectivity index (χ0v) is 19.3. The molecule has 1 aromatic carbocycles. The summed E-state index contributed by atoms with van der Waals surface area (Å²) >= 11 is 0. The molecule has 1 aliphatic heterocycles. The second-order valence-electron chi connectivity index (χ2n) is 7.25. The molecule has 0 atom stereocenters. The summed E-state index contributed by atoms with van der Waals surface area (Å²) in [5, 5.41) is 0. The molecule has 0 N–H and O–H groups in total. The Morgan fingerprint density at radius 1 is 0.833 bits per heavy atom. The van der Waals surface area contributed by atoms with Crippen molar-refractivity contribution in [1.29, 1.82) is 0 Å². The van der Waals surface area contributed by atoms with Crippen molar-refractivity contribution in [3.8, 4) is 0 Å². The van der Waals surface area contributed by atoms with Crippen LogP contribution in [0, 0.1) is 0 Å². The Bertz CT molecular complexity index is 810. The van der Waals surface area contributed by atoms with Gasteiger partial charge in [-0.1, -0.05) is 0 Å². The van der Waals surface area contributed by atoms with Gasteiger partial charge in [0.15, 0.2) is 0 Å². The van der Waals surface area contributed by atoms with Crippen LogP contribution in [0.25, 0.3) is 0 Å². The van der Waals surface area contributed by atoms with Crippen molar-refractivity contribution in [1.82, 2.24) is 19.0 Å². The van der Waals surface area contributed by atoms with Gasteiger partial charge in [-0.15, -0.1) is 0 Å². The first kappa shape index (κ1) is 24.3. The maximum absolute atomic E-state index is 13.0. The van der Waals surface area contributed by atoms with Crippen LogP contribution in [0.1, 0.15) is 38.1 Å². The van der Waals surface area contributed by atoms with Gasteiger partial charge in [0.1, 0.15) is 0 Å². The van der Waals surface area contributed by atoms with E-state index in [9.17, 15) is 18.0 Å². The molecule has 0 radical (unpaired) electrons. The molecule has 0 saturated carbocycles. The van der Waals surface area contributed by atoms with Gasteiger partial charge in [0, 0.05) is 57.9 Å². The van der Waals surface area contributed by atoms with Crippen molar-refractivity contribution < 1.29 is 18.0 Å². The smallest absolute Gasteiger partial charge is 0.253 e. The minimum Gasteiger partial charge on any atom is -0.342 e. The number of sulfonamides is 1. The third kappa shape index (κ3) is 5.59. The van der Waals surface area contributed by atoms with Gasteiger partial charge < -0.3 is 9.80 Å². The van der Waals surface area contributed by atoms with Crippen LogP contribution in [0.4, 0.5) is 0 Å².